The van der Waals surface area contributed by atoms with Crippen LogP contribution in [0.15, 0.2) is 0 Å². The summed E-state index contributed by atoms with van der Waals surface area (Å²) in [7, 11) is 0. The van der Waals surface area contributed by atoms with Gasteiger partial charge in [0.1, 0.15) is 0 Å². The van der Waals surface area contributed by atoms with Crippen LogP contribution in [-0.2, 0) is 0 Å². The van der Waals surface area contributed by atoms with Crippen LogP contribution < -0.4 is 0 Å². The molecule has 0 bridgehead atoms. The minimum Gasteiger partial charge on any atom is -0.369 e. The van der Waals surface area contributed by atoms with E-state index in [1.54, 1.807) is 0 Å². The lowest BCUT2D eigenvalue weighted by Gasteiger charge is -2.38. The highest BCUT2D eigenvalue weighted by atomic mass is 19.4. The van der Waals surface area contributed by atoms with E-state index in [-0.39, 0.29) is 0 Å². The van der Waals surface area contributed by atoms with Gasteiger partial charge in [0.25, 0.3) is 5.92 Å². The third-order valence-corrected chi connectivity index (χ3v) is 1.91. The number of alkyl halides is 8. The van der Waals surface area contributed by atoms with Crippen LogP contribution in [0.4, 0.5) is 35.1 Å². The molecule has 0 radical (unpaired) electrons. The van der Waals surface area contributed by atoms with E-state index in [1.807, 2.05) is 0 Å². The van der Waals surface area contributed by atoms with Crippen LogP contribution in [0.2, 0.25) is 0 Å². The maximum Gasteiger partial charge on any atom is 0.432 e. The van der Waals surface area contributed by atoms with Crippen molar-refractivity contribution in [2.75, 3.05) is 0 Å². The van der Waals surface area contributed by atoms with E-state index in [4.69, 9.17) is 5.11 Å². The summed E-state index contributed by atoms with van der Waals surface area (Å²) in [5.74, 6) is -5.32. The van der Waals surface area contributed by atoms with Crippen molar-refractivity contribution >= 4 is 0 Å². The Bertz CT molecular complexity index is 226. The average molecular weight is 260 g/mol. The largest absolute Gasteiger partial charge is 0.432 e. The highest BCUT2D eigenvalue weighted by Gasteiger charge is 2.81. The summed E-state index contributed by atoms with van der Waals surface area (Å²) in [5.41, 5.74) is -6.01. The summed E-state index contributed by atoms with van der Waals surface area (Å²) in [6.45, 7) is 0.973. The van der Waals surface area contributed by atoms with E-state index in [0.717, 1.165) is 6.92 Å². The van der Waals surface area contributed by atoms with Crippen molar-refractivity contribution in [1.29, 1.82) is 0 Å². The van der Waals surface area contributed by atoms with Gasteiger partial charge in [0.15, 0.2) is 0 Å². The highest BCUT2D eigenvalue weighted by Crippen LogP contribution is 2.53. The molecule has 9 heteroatoms. The molecule has 98 valence electrons. The maximum absolute atomic E-state index is 12.8. The zero-order valence-corrected chi connectivity index (χ0v) is 7.89. The summed E-state index contributed by atoms with van der Waals surface area (Å²) in [4.78, 5) is 0. The second-order valence-electron chi connectivity index (χ2n) is 3.16. The molecular formula is C7H8F8O. The van der Waals surface area contributed by atoms with Crippen molar-refractivity contribution in [2.45, 2.75) is 43.6 Å². The summed E-state index contributed by atoms with van der Waals surface area (Å²) >= 11 is 0. The van der Waals surface area contributed by atoms with Crippen molar-refractivity contribution in [3.8, 4) is 0 Å². The molecule has 1 nitrogen and oxygen atoms in total. The van der Waals surface area contributed by atoms with Crippen LogP contribution >= 0.6 is 0 Å². The van der Waals surface area contributed by atoms with Crippen LogP contribution in [0, 0.1) is 0 Å². The molecule has 1 N–H and O–H groups in total. The van der Waals surface area contributed by atoms with Crippen LogP contribution in [0.5, 0.6) is 0 Å². The van der Waals surface area contributed by atoms with Gasteiger partial charge in [0.05, 0.1) is 0 Å². The fourth-order valence-electron chi connectivity index (χ4n) is 1.07. The fraction of sp³-hybridized carbons (Fsp3) is 1.00. The molecule has 0 aromatic heterocycles. The summed E-state index contributed by atoms with van der Waals surface area (Å²) in [6, 6.07) is 0. The molecule has 0 atom stereocenters. The van der Waals surface area contributed by atoms with E-state index >= 15 is 0 Å². The van der Waals surface area contributed by atoms with Crippen molar-refractivity contribution in [3.05, 3.63) is 0 Å². The van der Waals surface area contributed by atoms with Gasteiger partial charge >= 0.3 is 18.0 Å². The third kappa shape index (κ3) is 2.23. The van der Waals surface area contributed by atoms with E-state index in [2.05, 4.69) is 0 Å². The molecule has 0 aromatic carbocycles. The lowest BCUT2D eigenvalue weighted by molar-refractivity contribution is -0.423. The molecule has 0 amide bonds. The standard InChI is InChI=1S/C7H8F8O/c1-2-3-4(8,9)5(16,6(10,11)12)7(13,14)15/h16H,2-3H2,1H3. The van der Waals surface area contributed by atoms with Crippen LogP contribution in [-0.4, -0.2) is 29.0 Å². The topological polar surface area (TPSA) is 20.2 Å². The number of hydrogen-bond acceptors (Lipinski definition) is 1. The Hall–Kier alpha value is -0.600. The normalized spacial score (nSPS) is 15.4. The quantitative estimate of drug-likeness (QED) is 0.772. The molecule has 0 rings (SSSR count). The van der Waals surface area contributed by atoms with Gasteiger partial charge in [-0.3, -0.25) is 0 Å². The van der Waals surface area contributed by atoms with Crippen molar-refractivity contribution in [1.82, 2.24) is 0 Å². The average Bonchev–Trinajstić information content (AvgIpc) is 1.98. The van der Waals surface area contributed by atoms with Gasteiger partial charge in [-0.2, -0.15) is 26.3 Å². The van der Waals surface area contributed by atoms with Gasteiger partial charge in [-0.25, -0.2) is 8.78 Å². The Morgan fingerprint density at radius 2 is 1.12 bits per heavy atom. The molecule has 16 heavy (non-hydrogen) atoms. The smallest absolute Gasteiger partial charge is 0.369 e. The Labute approximate surface area is 85.0 Å². The molecule has 0 fully saturated rings. The van der Waals surface area contributed by atoms with Crippen LogP contribution in [0.25, 0.3) is 0 Å². The molecule has 0 spiro atoms. The molecule has 0 aliphatic heterocycles. The zero-order valence-electron chi connectivity index (χ0n) is 7.89. The van der Waals surface area contributed by atoms with E-state index in [1.165, 1.54) is 0 Å². The fourth-order valence-corrected chi connectivity index (χ4v) is 1.07. The molecular weight excluding hydrogens is 252 g/mol. The molecule has 0 aliphatic rings. The van der Waals surface area contributed by atoms with Crippen molar-refractivity contribution < 1.29 is 40.2 Å². The molecule has 0 aliphatic carbocycles. The van der Waals surface area contributed by atoms with Gasteiger partial charge in [-0.15, -0.1) is 0 Å². The van der Waals surface area contributed by atoms with Gasteiger partial charge < -0.3 is 5.11 Å². The first kappa shape index (κ1) is 15.4. The Kier molecular flexibility index (Phi) is 3.86. The van der Waals surface area contributed by atoms with Gasteiger partial charge in [-0.1, -0.05) is 13.3 Å². The first-order valence-corrected chi connectivity index (χ1v) is 4.05. The highest BCUT2D eigenvalue weighted by molar-refractivity contribution is 5.04. The monoisotopic (exact) mass is 260 g/mol. The minimum atomic E-state index is -6.50. The van der Waals surface area contributed by atoms with Crippen molar-refractivity contribution in [2.24, 2.45) is 0 Å². The zero-order chi connectivity index (χ0) is 13.4. The number of hydrogen-bond donors (Lipinski definition) is 1. The maximum atomic E-state index is 12.8. The van der Waals surface area contributed by atoms with Gasteiger partial charge in [0.2, 0.25) is 0 Å². The number of aliphatic hydroxyl groups is 1. The number of rotatable bonds is 3. The summed E-state index contributed by atoms with van der Waals surface area (Å²) < 4.78 is 97.4. The molecule has 0 saturated heterocycles. The predicted octanol–water partition coefficient (Wildman–Crippen LogP) is 3.28. The van der Waals surface area contributed by atoms with E-state index < -0.39 is 36.7 Å². The van der Waals surface area contributed by atoms with Gasteiger partial charge in [-0.05, 0) is 0 Å². The molecule has 0 heterocycles. The second kappa shape index (κ2) is 4.01. The van der Waals surface area contributed by atoms with E-state index in [0.29, 0.717) is 0 Å². The Morgan fingerprint density at radius 3 is 1.31 bits per heavy atom. The van der Waals surface area contributed by atoms with Gasteiger partial charge in [0, 0.05) is 6.42 Å². The van der Waals surface area contributed by atoms with Crippen LogP contribution in [0.1, 0.15) is 19.8 Å². The first-order valence-electron chi connectivity index (χ1n) is 4.05. The Balaban J connectivity index is 5.61. The number of halogens is 8. The minimum absolute atomic E-state index is 0.637. The van der Waals surface area contributed by atoms with E-state index in [9.17, 15) is 35.1 Å². The molecule has 0 saturated carbocycles. The van der Waals surface area contributed by atoms with Crippen LogP contribution in [0.3, 0.4) is 0 Å². The lowest BCUT2D eigenvalue weighted by atomic mass is 9.90. The second-order valence-corrected chi connectivity index (χ2v) is 3.16. The first-order chi connectivity index (χ1) is 6.81. The SMILES string of the molecule is CCCC(F)(F)C(O)(C(F)(F)F)C(F)(F)F. The van der Waals surface area contributed by atoms with Crippen molar-refractivity contribution in [3.63, 3.8) is 0 Å². The Morgan fingerprint density at radius 1 is 0.812 bits per heavy atom. The third-order valence-electron chi connectivity index (χ3n) is 1.91. The lowest BCUT2D eigenvalue weighted by Crippen LogP contribution is -2.67. The summed E-state index contributed by atoms with van der Waals surface area (Å²) in [5, 5.41) is 8.34. The molecule has 0 aromatic rings. The molecule has 0 unspecified atom stereocenters. The summed E-state index contributed by atoms with van der Waals surface area (Å²) in [6.07, 6.45) is -15.3. The predicted molar refractivity (Wildman–Crippen MR) is 36.9 cm³/mol.